The molecule has 1 aromatic heterocycles. The van der Waals surface area contributed by atoms with Gasteiger partial charge in [-0.25, -0.2) is 8.78 Å². The number of hydrogen-bond acceptors (Lipinski definition) is 3. The lowest BCUT2D eigenvalue weighted by Crippen LogP contribution is -2.13. The second-order valence-electron chi connectivity index (χ2n) is 5.55. The first-order valence-electron chi connectivity index (χ1n) is 8.00. The Morgan fingerprint density at radius 3 is 2.65 bits per heavy atom. The molecular formula is C19H17F2N3O2. The highest BCUT2D eigenvalue weighted by Crippen LogP contribution is 2.25. The molecular weight excluding hydrogens is 340 g/mol. The van der Waals surface area contributed by atoms with E-state index in [-0.39, 0.29) is 11.4 Å². The molecule has 0 atom stereocenters. The molecule has 1 heterocycles. The Balaban J connectivity index is 1.89. The highest BCUT2D eigenvalue weighted by atomic mass is 19.2. The van der Waals surface area contributed by atoms with Crippen LogP contribution in [0.15, 0.2) is 48.5 Å². The molecule has 0 aliphatic rings. The van der Waals surface area contributed by atoms with E-state index in [2.05, 4.69) is 10.4 Å². The molecule has 0 aliphatic carbocycles. The second-order valence-corrected chi connectivity index (χ2v) is 5.55. The van der Waals surface area contributed by atoms with Gasteiger partial charge >= 0.3 is 0 Å². The van der Waals surface area contributed by atoms with Gasteiger partial charge in [-0.05, 0) is 37.3 Å². The number of carbonyl (C=O) groups excluding carboxylic acids is 1. The molecule has 0 saturated carbocycles. The second kappa shape index (κ2) is 7.35. The van der Waals surface area contributed by atoms with Crippen molar-refractivity contribution in [3.05, 3.63) is 65.9 Å². The number of nitrogens with one attached hydrogen (secondary N) is 1. The Hall–Kier alpha value is -3.22. The fourth-order valence-electron chi connectivity index (χ4n) is 2.55. The van der Waals surface area contributed by atoms with Gasteiger partial charge in [0, 0.05) is 23.9 Å². The third-order valence-corrected chi connectivity index (χ3v) is 3.86. The molecule has 0 radical (unpaired) electrons. The highest BCUT2D eigenvalue weighted by molar-refractivity contribution is 6.03. The van der Waals surface area contributed by atoms with Crippen LogP contribution in [0.25, 0.3) is 11.3 Å². The summed E-state index contributed by atoms with van der Waals surface area (Å²) in [5, 5.41) is 6.81. The van der Waals surface area contributed by atoms with Crippen molar-refractivity contribution in [1.82, 2.24) is 9.78 Å². The van der Waals surface area contributed by atoms with Gasteiger partial charge in [0.05, 0.1) is 12.8 Å². The van der Waals surface area contributed by atoms with Crippen molar-refractivity contribution in [2.24, 2.45) is 0 Å². The molecule has 134 valence electrons. The average molecular weight is 357 g/mol. The normalized spacial score (nSPS) is 10.6. The zero-order chi connectivity index (χ0) is 18.7. The smallest absolute Gasteiger partial charge is 0.276 e. The van der Waals surface area contributed by atoms with E-state index in [9.17, 15) is 13.6 Å². The molecule has 0 aliphatic heterocycles. The number of aryl methyl sites for hydroxylation is 1. The van der Waals surface area contributed by atoms with E-state index in [1.165, 1.54) is 6.07 Å². The van der Waals surface area contributed by atoms with Crippen LogP contribution in [0.5, 0.6) is 5.75 Å². The van der Waals surface area contributed by atoms with Gasteiger partial charge < -0.3 is 10.1 Å². The number of aromatic nitrogens is 2. The van der Waals surface area contributed by atoms with Crippen LogP contribution >= 0.6 is 0 Å². The van der Waals surface area contributed by atoms with Gasteiger partial charge in [-0.3, -0.25) is 9.48 Å². The van der Waals surface area contributed by atoms with Crippen LogP contribution in [-0.4, -0.2) is 22.8 Å². The molecule has 7 heteroatoms. The van der Waals surface area contributed by atoms with E-state index >= 15 is 0 Å². The molecule has 5 nitrogen and oxygen atoms in total. The summed E-state index contributed by atoms with van der Waals surface area (Å²) < 4.78 is 33.2. The van der Waals surface area contributed by atoms with Crippen LogP contribution in [0.1, 0.15) is 17.4 Å². The van der Waals surface area contributed by atoms with Crippen LogP contribution in [0.4, 0.5) is 14.5 Å². The zero-order valence-electron chi connectivity index (χ0n) is 14.3. The highest BCUT2D eigenvalue weighted by Gasteiger charge is 2.16. The molecule has 26 heavy (non-hydrogen) atoms. The summed E-state index contributed by atoms with van der Waals surface area (Å²) in [7, 11) is 1.58. The summed E-state index contributed by atoms with van der Waals surface area (Å²) in [6.07, 6.45) is 0. The summed E-state index contributed by atoms with van der Waals surface area (Å²) in [5.74, 6) is -1.82. The Labute approximate surface area is 149 Å². The molecule has 1 amide bonds. The molecule has 0 saturated heterocycles. The van der Waals surface area contributed by atoms with Gasteiger partial charge in [0.1, 0.15) is 5.75 Å². The van der Waals surface area contributed by atoms with Gasteiger partial charge in [0.25, 0.3) is 5.91 Å². The lowest BCUT2D eigenvalue weighted by molar-refractivity contribution is 0.102. The SMILES string of the molecule is CCn1nc(C(=O)Nc2ccc(F)c(F)c2)cc1-c1cccc(OC)c1. The van der Waals surface area contributed by atoms with Crippen molar-refractivity contribution in [2.45, 2.75) is 13.5 Å². The van der Waals surface area contributed by atoms with Crippen molar-refractivity contribution < 1.29 is 18.3 Å². The van der Waals surface area contributed by atoms with Gasteiger partial charge in [0.2, 0.25) is 0 Å². The maximum atomic E-state index is 13.3. The largest absolute Gasteiger partial charge is 0.497 e. The van der Waals surface area contributed by atoms with E-state index in [1.807, 2.05) is 31.2 Å². The lowest BCUT2D eigenvalue weighted by atomic mass is 10.1. The molecule has 3 aromatic rings. The van der Waals surface area contributed by atoms with Gasteiger partial charge in [-0.15, -0.1) is 0 Å². The molecule has 0 fully saturated rings. The number of nitrogens with zero attached hydrogens (tertiary/aromatic N) is 2. The molecule has 0 spiro atoms. The van der Waals surface area contributed by atoms with Crippen LogP contribution in [0, 0.1) is 11.6 Å². The predicted octanol–water partition coefficient (Wildman–Crippen LogP) is 4.11. The lowest BCUT2D eigenvalue weighted by Gasteiger charge is -2.06. The third kappa shape index (κ3) is 3.56. The molecule has 1 N–H and O–H groups in total. The monoisotopic (exact) mass is 357 g/mol. The fourth-order valence-corrected chi connectivity index (χ4v) is 2.55. The number of anilines is 1. The van der Waals surface area contributed by atoms with Gasteiger partial charge in [-0.1, -0.05) is 12.1 Å². The van der Waals surface area contributed by atoms with Crippen molar-refractivity contribution in [3.8, 4) is 17.0 Å². The van der Waals surface area contributed by atoms with E-state index in [4.69, 9.17) is 4.74 Å². The Morgan fingerprint density at radius 2 is 1.96 bits per heavy atom. The summed E-state index contributed by atoms with van der Waals surface area (Å²) in [6.45, 7) is 2.47. The van der Waals surface area contributed by atoms with Crippen LogP contribution in [0.2, 0.25) is 0 Å². The van der Waals surface area contributed by atoms with E-state index < -0.39 is 17.5 Å². The predicted molar refractivity (Wildman–Crippen MR) is 94.2 cm³/mol. The minimum atomic E-state index is -1.03. The zero-order valence-corrected chi connectivity index (χ0v) is 14.3. The van der Waals surface area contributed by atoms with E-state index in [0.717, 1.165) is 23.4 Å². The topological polar surface area (TPSA) is 56.2 Å². The minimum Gasteiger partial charge on any atom is -0.497 e. The van der Waals surface area contributed by atoms with Crippen molar-refractivity contribution in [3.63, 3.8) is 0 Å². The number of halogens is 2. The number of carbonyl (C=O) groups is 1. The summed E-state index contributed by atoms with van der Waals surface area (Å²) >= 11 is 0. The van der Waals surface area contributed by atoms with Crippen LogP contribution < -0.4 is 10.1 Å². The van der Waals surface area contributed by atoms with Crippen molar-refractivity contribution in [2.75, 3.05) is 12.4 Å². The standard InChI is InChI=1S/C19H17F2N3O2/c1-3-24-18(12-5-4-6-14(9-12)26-2)11-17(23-24)19(25)22-13-7-8-15(20)16(21)10-13/h4-11H,3H2,1-2H3,(H,22,25). The maximum Gasteiger partial charge on any atom is 0.276 e. The first-order chi connectivity index (χ1) is 12.5. The van der Waals surface area contributed by atoms with Gasteiger partial charge in [-0.2, -0.15) is 5.10 Å². The summed E-state index contributed by atoms with van der Waals surface area (Å²) in [5.41, 5.74) is 1.93. The summed E-state index contributed by atoms with van der Waals surface area (Å²) in [4.78, 5) is 12.4. The maximum absolute atomic E-state index is 13.3. The van der Waals surface area contributed by atoms with E-state index in [0.29, 0.717) is 12.3 Å². The summed E-state index contributed by atoms with van der Waals surface area (Å²) in [6, 6.07) is 12.2. The minimum absolute atomic E-state index is 0.155. The molecule has 2 aromatic carbocycles. The Bertz CT molecular complexity index is 954. The Morgan fingerprint density at radius 1 is 1.15 bits per heavy atom. The molecule has 0 unspecified atom stereocenters. The van der Waals surface area contributed by atoms with Crippen LogP contribution in [0.3, 0.4) is 0 Å². The number of amides is 1. The number of rotatable bonds is 5. The number of benzene rings is 2. The van der Waals surface area contributed by atoms with Crippen LogP contribution in [-0.2, 0) is 6.54 Å². The fraction of sp³-hybridized carbons (Fsp3) is 0.158. The number of ether oxygens (including phenoxy) is 1. The average Bonchev–Trinajstić information content (AvgIpc) is 3.09. The number of hydrogen-bond donors (Lipinski definition) is 1. The molecule has 0 bridgehead atoms. The van der Waals surface area contributed by atoms with Gasteiger partial charge in [0.15, 0.2) is 17.3 Å². The first-order valence-corrected chi connectivity index (χ1v) is 8.00. The van der Waals surface area contributed by atoms with Crippen molar-refractivity contribution >= 4 is 11.6 Å². The van der Waals surface area contributed by atoms with Crippen molar-refractivity contribution in [1.29, 1.82) is 0 Å². The third-order valence-electron chi connectivity index (χ3n) is 3.86. The number of methoxy groups -OCH3 is 1. The molecule has 3 rings (SSSR count). The quantitative estimate of drug-likeness (QED) is 0.748. The Kier molecular flexibility index (Phi) is 4.97. The first kappa shape index (κ1) is 17.6. The van der Waals surface area contributed by atoms with E-state index in [1.54, 1.807) is 17.9 Å².